The second-order valence-corrected chi connectivity index (χ2v) is 5.89. The van der Waals surface area contributed by atoms with Gasteiger partial charge in [-0.3, -0.25) is 0 Å². The van der Waals surface area contributed by atoms with E-state index in [1.54, 1.807) is 6.07 Å². The molecule has 0 amide bonds. The van der Waals surface area contributed by atoms with E-state index >= 15 is 0 Å². The topological polar surface area (TPSA) is 32.3 Å². The Kier molecular flexibility index (Phi) is 5.20. The summed E-state index contributed by atoms with van der Waals surface area (Å²) in [5, 5.41) is 13.1. The lowest BCUT2D eigenvalue weighted by molar-refractivity contribution is 0.108. The summed E-state index contributed by atoms with van der Waals surface area (Å²) in [6.45, 7) is 2.94. The van der Waals surface area contributed by atoms with Crippen molar-refractivity contribution < 1.29 is 9.50 Å². The Bertz CT molecular complexity index is 419. The average Bonchev–Trinajstić information content (AvgIpc) is 2.41. The first-order valence-electron chi connectivity index (χ1n) is 6.92. The van der Waals surface area contributed by atoms with Crippen LogP contribution in [0.15, 0.2) is 18.2 Å². The molecule has 1 unspecified atom stereocenters. The van der Waals surface area contributed by atoms with Gasteiger partial charge in [-0.25, -0.2) is 4.39 Å². The molecule has 1 saturated carbocycles. The lowest BCUT2D eigenvalue weighted by Gasteiger charge is -2.27. The van der Waals surface area contributed by atoms with Crippen LogP contribution < -0.4 is 5.32 Å². The monoisotopic (exact) mass is 285 g/mol. The summed E-state index contributed by atoms with van der Waals surface area (Å²) in [7, 11) is 0. The van der Waals surface area contributed by atoms with Gasteiger partial charge in [-0.05, 0) is 62.8 Å². The molecular weight excluding hydrogens is 265 g/mol. The zero-order valence-electron chi connectivity index (χ0n) is 11.2. The minimum atomic E-state index is -0.367. The van der Waals surface area contributed by atoms with Crippen molar-refractivity contribution in [3.05, 3.63) is 34.6 Å². The van der Waals surface area contributed by atoms with Gasteiger partial charge in [0, 0.05) is 6.04 Å². The van der Waals surface area contributed by atoms with Gasteiger partial charge in [0.2, 0.25) is 0 Å². The minimum absolute atomic E-state index is 0.110. The Morgan fingerprint density at radius 3 is 2.68 bits per heavy atom. The van der Waals surface area contributed by atoms with Gasteiger partial charge in [0.25, 0.3) is 0 Å². The molecule has 0 bridgehead atoms. The molecule has 1 fully saturated rings. The molecule has 2 nitrogen and oxygen atoms in total. The number of hydrogen-bond acceptors (Lipinski definition) is 2. The molecule has 0 spiro atoms. The second-order valence-electron chi connectivity index (χ2n) is 5.48. The van der Waals surface area contributed by atoms with Crippen molar-refractivity contribution >= 4 is 11.6 Å². The number of aliphatic hydroxyl groups excluding tert-OH is 1. The zero-order chi connectivity index (χ0) is 13.8. The van der Waals surface area contributed by atoms with Crippen molar-refractivity contribution in [3.63, 3.8) is 0 Å². The standard InChI is InChI=1S/C15H21ClFNO/c1-10(12-4-7-14(16)15(17)8-12)18-9-11-2-5-13(19)6-3-11/h4,7-8,10-11,13,18-19H,2-3,5-6,9H2,1H3. The van der Waals surface area contributed by atoms with Crippen molar-refractivity contribution in [1.82, 2.24) is 5.32 Å². The first-order valence-corrected chi connectivity index (χ1v) is 7.30. The van der Waals surface area contributed by atoms with Gasteiger partial charge in [0.15, 0.2) is 0 Å². The Balaban J connectivity index is 1.83. The van der Waals surface area contributed by atoms with Crippen LogP contribution in [-0.2, 0) is 0 Å². The van der Waals surface area contributed by atoms with E-state index in [0.29, 0.717) is 5.92 Å². The second kappa shape index (κ2) is 6.69. The summed E-state index contributed by atoms with van der Waals surface area (Å²) in [4.78, 5) is 0. The highest BCUT2D eigenvalue weighted by atomic mass is 35.5. The fraction of sp³-hybridized carbons (Fsp3) is 0.600. The number of nitrogens with one attached hydrogen (secondary N) is 1. The molecule has 0 heterocycles. The van der Waals surface area contributed by atoms with Crippen LogP contribution >= 0.6 is 11.6 Å². The Morgan fingerprint density at radius 1 is 1.37 bits per heavy atom. The third-order valence-electron chi connectivity index (χ3n) is 3.97. The van der Waals surface area contributed by atoms with Crippen molar-refractivity contribution in [2.75, 3.05) is 6.54 Å². The van der Waals surface area contributed by atoms with E-state index in [0.717, 1.165) is 37.8 Å². The van der Waals surface area contributed by atoms with E-state index < -0.39 is 0 Å². The van der Waals surface area contributed by atoms with Crippen LogP contribution in [0.1, 0.15) is 44.2 Å². The fourth-order valence-corrected chi connectivity index (χ4v) is 2.71. The van der Waals surface area contributed by atoms with Gasteiger partial charge in [-0.1, -0.05) is 17.7 Å². The largest absolute Gasteiger partial charge is 0.393 e. The van der Waals surface area contributed by atoms with E-state index in [1.807, 2.05) is 13.0 Å². The summed E-state index contributed by atoms with van der Waals surface area (Å²) in [5.41, 5.74) is 0.915. The highest BCUT2D eigenvalue weighted by Crippen LogP contribution is 2.25. The van der Waals surface area contributed by atoms with E-state index in [9.17, 15) is 9.50 Å². The minimum Gasteiger partial charge on any atom is -0.393 e. The molecule has 1 aromatic rings. The molecule has 4 heteroatoms. The molecular formula is C15H21ClFNO. The molecule has 1 aliphatic carbocycles. The van der Waals surface area contributed by atoms with Gasteiger partial charge in [-0.15, -0.1) is 0 Å². The zero-order valence-corrected chi connectivity index (χ0v) is 12.0. The van der Waals surface area contributed by atoms with Crippen molar-refractivity contribution in [3.8, 4) is 0 Å². The summed E-state index contributed by atoms with van der Waals surface area (Å²) in [6, 6.07) is 5.05. The van der Waals surface area contributed by atoms with Crippen LogP contribution in [0.25, 0.3) is 0 Å². The predicted octanol–water partition coefficient (Wildman–Crippen LogP) is 3.68. The maximum absolute atomic E-state index is 13.4. The first kappa shape index (κ1) is 14.8. The molecule has 106 valence electrons. The van der Waals surface area contributed by atoms with Crippen LogP contribution in [0.3, 0.4) is 0 Å². The number of hydrogen-bond donors (Lipinski definition) is 2. The molecule has 1 aromatic carbocycles. The fourth-order valence-electron chi connectivity index (χ4n) is 2.59. The first-order chi connectivity index (χ1) is 9.06. The maximum atomic E-state index is 13.4. The molecule has 0 aliphatic heterocycles. The quantitative estimate of drug-likeness (QED) is 0.884. The molecule has 2 rings (SSSR count). The molecule has 2 N–H and O–H groups in total. The predicted molar refractivity (Wildman–Crippen MR) is 75.8 cm³/mol. The third-order valence-corrected chi connectivity index (χ3v) is 4.28. The summed E-state index contributed by atoms with van der Waals surface area (Å²) >= 11 is 5.68. The highest BCUT2D eigenvalue weighted by Gasteiger charge is 2.19. The number of benzene rings is 1. The molecule has 19 heavy (non-hydrogen) atoms. The normalized spacial score (nSPS) is 25.3. The van der Waals surface area contributed by atoms with Crippen LogP contribution in [0.2, 0.25) is 5.02 Å². The molecule has 1 aliphatic rings. The molecule has 0 radical (unpaired) electrons. The van der Waals surface area contributed by atoms with E-state index in [1.165, 1.54) is 6.07 Å². The van der Waals surface area contributed by atoms with Gasteiger partial charge >= 0.3 is 0 Å². The van der Waals surface area contributed by atoms with Crippen LogP contribution in [0.5, 0.6) is 0 Å². The SMILES string of the molecule is CC(NCC1CCC(O)CC1)c1ccc(Cl)c(F)c1. The Labute approximate surface area is 119 Å². The van der Waals surface area contributed by atoms with E-state index in [4.69, 9.17) is 11.6 Å². The smallest absolute Gasteiger partial charge is 0.142 e. The lowest BCUT2D eigenvalue weighted by atomic mass is 9.87. The van der Waals surface area contributed by atoms with Crippen molar-refractivity contribution in [2.45, 2.75) is 44.8 Å². The number of rotatable bonds is 4. The highest BCUT2D eigenvalue weighted by molar-refractivity contribution is 6.30. The Hall–Kier alpha value is -0.640. The average molecular weight is 286 g/mol. The number of halogens is 2. The third kappa shape index (κ3) is 4.16. The summed E-state index contributed by atoms with van der Waals surface area (Å²) in [6.07, 6.45) is 3.82. The van der Waals surface area contributed by atoms with Gasteiger partial charge in [0.05, 0.1) is 11.1 Å². The van der Waals surface area contributed by atoms with Gasteiger partial charge < -0.3 is 10.4 Å². The van der Waals surface area contributed by atoms with Crippen molar-refractivity contribution in [2.24, 2.45) is 5.92 Å². The molecule has 0 saturated heterocycles. The van der Waals surface area contributed by atoms with E-state index in [2.05, 4.69) is 5.32 Å². The molecule has 1 atom stereocenters. The van der Waals surface area contributed by atoms with Crippen LogP contribution in [0, 0.1) is 11.7 Å². The van der Waals surface area contributed by atoms with Gasteiger partial charge in [0.1, 0.15) is 5.82 Å². The maximum Gasteiger partial charge on any atom is 0.142 e. The van der Waals surface area contributed by atoms with Crippen molar-refractivity contribution in [1.29, 1.82) is 0 Å². The summed E-state index contributed by atoms with van der Waals surface area (Å²) in [5.74, 6) is 0.247. The van der Waals surface area contributed by atoms with E-state index in [-0.39, 0.29) is 23.0 Å². The van der Waals surface area contributed by atoms with Crippen LogP contribution in [0.4, 0.5) is 4.39 Å². The number of aliphatic hydroxyl groups is 1. The Morgan fingerprint density at radius 2 is 2.05 bits per heavy atom. The summed E-state index contributed by atoms with van der Waals surface area (Å²) < 4.78 is 13.4. The van der Waals surface area contributed by atoms with Gasteiger partial charge in [-0.2, -0.15) is 0 Å². The lowest BCUT2D eigenvalue weighted by Crippen LogP contribution is -2.29. The van der Waals surface area contributed by atoms with Crippen LogP contribution in [-0.4, -0.2) is 17.8 Å². The molecule has 0 aromatic heterocycles.